The van der Waals surface area contributed by atoms with Crippen LogP contribution in [0.3, 0.4) is 0 Å². The zero-order valence-electron chi connectivity index (χ0n) is 20.0. The van der Waals surface area contributed by atoms with Gasteiger partial charge in [-0.3, -0.25) is 14.9 Å². The highest BCUT2D eigenvalue weighted by atomic mass is 19.1. The maximum atomic E-state index is 14.2. The summed E-state index contributed by atoms with van der Waals surface area (Å²) in [4.78, 5) is 34.5. The van der Waals surface area contributed by atoms with Crippen molar-refractivity contribution >= 4 is 23.5 Å². The van der Waals surface area contributed by atoms with Crippen LogP contribution >= 0.6 is 0 Å². The second-order valence-corrected chi connectivity index (χ2v) is 8.16. The number of anilines is 1. The first-order valence-electron chi connectivity index (χ1n) is 11.5. The summed E-state index contributed by atoms with van der Waals surface area (Å²) in [6, 6.07) is 11.0. The van der Waals surface area contributed by atoms with Gasteiger partial charge in [0.2, 0.25) is 11.9 Å². The van der Waals surface area contributed by atoms with Crippen LogP contribution < -0.4 is 19.7 Å². The van der Waals surface area contributed by atoms with Crippen molar-refractivity contribution in [2.45, 2.75) is 13.0 Å². The molecule has 10 heteroatoms. The van der Waals surface area contributed by atoms with Crippen molar-refractivity contribution in [2.24, 2.45) is 10.9 Å². The van der Waals surface area contributed by atoms with E-state index in [4.69, 9.17) is 19.2 Å². The molecule has 0 saturated carbocycles. The van der Waals surface area contributed by atoms with Crippen LogP contribution in [0.25, 0.3) is 0 Å². The zero-order valence-corrected chi connectivity index (χ0v) is 20.0. The molecule has 1 amide bonds. The van der Waals surface area contributed by atoms with Gasteiger partial charge in [-0.15, -0.1) is 0 Å². The first-order valence-corrected chi connectivity index (χ1v) is 11.5. The molecule has 0 bridgehead atoms. The maximum absolute atomic E-state index is 14.2. The van der Waals surface area contributed by atoms with Gasteiger partial charge in [-0.05, 0) is 36.8 Å². The van der Waals surface area contributed by atoms with Crippen LogP contribution in [-0.2, 0) is 14.3 Å². The van der Waals surface area contributed by atoms with Crippen LogP contribution in [0.2, 0.25) is 0 Å². The molecule has 2 aromatic carbocycles. The number of methoxy groups -OCH3 is 2. The first-order chi connectivity index (χ1) is 17.0. The van der Waals surface area contributed by atoms with E-state index in [0.29, 0.717) is 54.9 Å². The third kappa shape index (κ3) is 5.01. The summed E-state index contributed by atoms with van der Waals surface area (Å²) in [5.74, 6) is -1.16. The largest absolute Gasteiger partial charge is 0.493 e. The SMILES string of the molecule is CCOC(=O)[C@H]1C(=O)NC(N2CCN(c3ccccc3F)CC2)=N[C@H]1c1ccc(OC)c(OC)c1. The second-order valence-electron chi connectivity index (χ2n) is 8.16. The Balaban J connectivity index is 1.61. The number of nitrogens with zero attached hydrogens (tertiary/aromatic N) is 3. The van der Waals surface area contributed by atoms with Gasteiger partial charge in [-0.1, -0.05) is 18.2 Å². The number of ether oxygens (including phenoxy) is 3. The van der Waals surface area contributed by atoms with Crippen molar-refractivity contribution in [3.05, 3.63) is 53.8 Å². The molecule has 0 radical (unpaired) electrons. The smallest absolute Gasteiger partial charge is 0.321 e. The molecular weight excluding hydrogens is 455 g/mol. The number of rotatable bonds is 6. The molecule has 0 unspecified atom stereocenters. The lowest BCUT2D eigenvalue weighted by atomic mass is 9.91. The lowest BCUT2D eigenvalue weighted by Crippen LogP contribution is -2.57. The highest BCUT2D eigenvalue weighted by molar-refractivity contribution is 6.08. The highest BCUT2D eigenvalue weighted by Crippen LogP contribution is 2.36. The highest BCUT2D eigenvalue weighted by Gasteiger charge is 2.42. The minimum atomic E-state index is -1.14. The average molecular weight is 485 g/mol. The molecule has 1 N–H and O–H groups in total. The summed E-state index contributed by atoms with van der Waals surface area (Å²) in [6.07, 6.45) is 0. The van der Waals surface area contributed by atoms with Gasteiger partial charge in [0.25, 0.3) is 0 Å². The number of guanidine groups is 1. The van der Waals surface area contributed by atoms with Crippen molar-refractivity contribution < 1.29 is 28.2 Å². The number of esters is 1. The number of aliphatic imine (C=N–C) groups is 1. The van der Waals surface area contributed by atoms with Gasteiger partial charge in [0.15, 0.2) is 17.4 Å². The summed E-state index contributed by atoms with van der Waals surface area (Å²) in [7, 11) is 3.05. The molecule has 0 spiro atoms. The Morgan fingerprint density at radius 1 is 1.06 bits per heavy atom. The average Bonchev–Trinajstić information content (AvgIpc) is 2.88. The summed E-state index contributed by atoms with van der Waals surface area (Å²) in [5.41, 5.74) is 1.17. The number of benzene rings is 2. The van der Waals surface area contributed by atoms with E-state index in [9.17, 15) is 14.0 Å². The lowest BCUT2D eigenvalue weighted by molar-refractivity contribution is -0.153. The van der Waals surface area contributed by atoms with Crippen LogP contribution in [0.5, 0.6) is 11.5 Å². The lowest BCUT2D eigenvalue weighted by Gasteiger charge is -2.39. The van der Waals surface area contributed by atoms with Crippen molar-refractivity contribution in [3.63, 3.8) is 0 Å². The molecule has 2 aliphatic heterocycles. The summed E-state index contributed by atoms with van der Waals surface area (Å²) in [6.45, 7) is 3.99. The summed E-state index contributed by atoms with van der Waals surface area (Å²) in [5, 5.41) is 2.78. The van der Waals surface area contributed by atoms with Crippen molar-refractivity contribution in [1.82, 2.24) is 10.2 Å². The molecule has 0 aromatic heterocycles. The third-order valence-electron chi connectivity index (χ3n) is 6.16. The maximum Gasteiger partial charge on any atom is 0.321 e. The number of carbonyl (C=O) groups is 2. The molecule has 9 nitrogen and oxygen atoms in total. The van der Waals surface area contributed by atoms with Gasteiger partial charge in [-0.25, -0.2) is 9.38 Å². The molecule has 1 saturated heterocycles. The Hall–Kier alpha value is -3.82. The fourth-order valence-electron chi connectivity index (χ4n) is 4.37. The topological polar surface area (TPSA) is 92.7 Å². The minimum Gasteiger partial charge on any atom is -0.493 e. The van der Waals surface area contributed by atoms with Crippen LogP contribution in [0, 0.1) is 11.7 Å². The predicted octanol–water partition coefficient (Wildman–Crippen LogP) is 2.37. The van der Waals surface area contributed by atoms with E-state index in [2.05, 4.69) is 5.32 Å². The van der Waals surface area contributed by atoms with E-state index in [1.165, 1.54) is 20.3 Å². The third-order valence-corrected chi connectivity index (χ3v) is 6.16. The van der Waals surface area contributed by atoms with Gasteiger partial charge in [0.05, 0.1) is 26.5 Å². The molecule has 35 heavy (non-hydrogen) atoms. The molecule has 2 aliphatic rings. The van der Waals surface area contributed by atoms with E-state index < -0.39 is 23.8 Å². The Labute approximate surface area is 203 Å². The molecular formula is C25H29FN4O5. The summed E-state index contributed by atoms with van der Waals surface area (Å²) >= 11 is 0. The van der Waals surface area contributed by atoms with Gasteiger partial charge in [0, 0.05) is 26.2 Å². The van der Waals surface area contributed by atoms with Crippen LogP contribution in [0.1, 0.15) is 18.5 Å². The van der Waals surface area contributed by atoms with E-state index in [0.717, 1.165) is 0 Å². The number of amides is 1. The molecule has 186 valence electrons. The first kappa shape index (κ1) is 24.3. The zero-order chi connectivity index (χ0) is 24.9. The molecule has 2 aromatic rings. The van der Waals surface area contributed by atoms with Gasteiger partial charge < -0.3 is 24.0 Å². The van der Waals surface area contributed by atoms with Crippen molar-refractivity contribution in [3.8, 4) is 11.5 Å². The number of halogens is 1. The van der Waals surface area contributed by atoms with E-state index in [-0.39, 0.29) is 12.4 Å². The summed E-state index contributed by atoms with van der Waals surface area (Å²) < 4.78 is 30.1. The molecule has 4 rings (SSSR count). The minimum absolute atomic E-state index is 0.149. The molecule has 1 fully saturated rings. The molecule has 2 heterocycles. The van der Waals surface area contributed by atoms with E-state index >= 15 is 0 Å². The van der Waals surface area contributed by atoms with Gasteiger partial charge in [0.1, 0.15) is 11.9 Å². The Morgan fingerprint density at radius 2 is 1.74 bits per heavy atom. The monoisotopic (exact) mass is 484 g/mol. The number of piperazine rings is 1. The normalized spacial score (nSPS) is 20.1. The fraction of sp³-hybridized carbons (Fsp3) is 0.400. The van der Waals surface area contributed by atoms with E-state index in [1.54, 1.807) is 43.3 Å². The predicted molar refractivity (Wildman–Crippen MR) is 128 cm³/mol. The standard InChI is InChI=1S/C25H29FN4O5/c1-4-35-24(32)21-22(16-9-10-19(33-2)20(15-16)34-3)27-25(28-23(21)31)30-13-11-29(12-14-30)18-8-6-5-7-17(18)26/h5-10,15,21-22H,4,11-14H2,1-3H3,(H,27,28,31)/t21-,22+/m1/s1. The van der Waals surface area contributed by atoms with Crippen molar-refractivity contribution in [1.29, 1.82) is 0 Å². The van der Waals surface area contributed by atoms with Crippen LogP contribution in [-0.4, -0.2) is 69.7 Å². The molecule has 2 atom stereocenters. The fourth-order valence-corrected chi connectivity index (χ4v) is 4.37. The van der Waals surface area contributed by atoms with Gasteiger partial charge in [-0.2, -0.15) is 0 Å². The molecule has 0 aliphatic carbocycles. The number of hydrogen-bond acceptors (Lipinski definition) is 8. The number of nitrogens with one attached hydrogen (secondary N) is 1. The number of carbonyl (C=O) groups excluding carboxylic acids is 2. The Bertz CT molecular complexity index is 1120. The van der Waals surface area contributed by atoms with Crippen LogP contribution in [0.15, 0.2) is 47.5 Å². The van der Waals surface area contributed by atoms with Crippen molar-refractivity contribution in [2.75, 3.05) is 51.9 Å². The Kier molecular flexibility index (Phi) is 7.38. The van der Waals surface area contributed by atoms with E-state index in [1.807, 2.05) is 9.80 Å². The number of para-hydroxylation sites is 1. The quantitative estimate of drug-likeness (QED) is 0.497. The number of hydrogen-bond donors (Lipinski definition) is 1. The van der Waals surface area contributed by atoms with Crippen LogP contribution in [0.4, 0.5) is 10.1 Å². The van der Waals surface area contributed by atoms with Gasteiger partial charge >= 0.3 is 5.97 Å². The Morgan fingerprint density at radius 3 is 2.40 bits per heavy atom. The second kappa shape index (κ2) is 10.6.